The van der Waals surface area contributed by atoms with E-state index < -0.39 is 0 Å². The van der Waals surface area contributed by atoms with Gasteiger partial charge in [-0.05, 0) is 32.9 Å². The Kier molecular flexibility index (Phi) is 4.68. The molecule has 2 rings (SSSR count). The normalized spacial score (nSPS) is 33.2. The van der Waals surface area contributed by atoms with Gasteiger partial charge in [0.25, 0.3) is 0 Å². The van der Waals surface area contributed by atoms with Gasteiger partial charge in [0.1, 0.15) is 0 Å². The van der Waals surface area contributed by atoms with E-state index >= 15 is 0 Å². The van der Waals surface area contributed by atoms with Gasteiger partial charge < -0.3 is 14.9 Å². The van der Waals surface area contributed by atoms with Crippen LogP contribution in [0.4, 0.5) is 0 Å². The highest BCUT2D eigenvalue weighted by molar-refractivity contribution is 4.92. The van der Waals surface area contributed by atoms with E-state index in [1.807, 2.05) is 0 Å². The van der Waals surface area contributed by atoms with Gasteiger partial charge in [-0.3, -0.25) is 0 Å². The zero-order valence-corrected chi connectivity index (χ0v) is 12.4. The van der Waals surface area contributed by atoms with Crippen molar-refractivity contribution in [2.45, 2.75) is 45.1 Å². The summed E-state index contributed by atoms with van der Waals surface area (Å²) < 4.78 is 0. The third-order valence-corrected chi connectivity index (χ3v) is 5.12. The first-order chi connectivity index (χ1) is 8.56. The van der Waals surface area contributed by atoms with E-state index in [1.54, 1.807) is 0 Å². The van der Waals surface area contributed by atoms with E-state index in [-0.39, 0.29) is 5.41 Å². The molecule has 1 aliphatic heterocycles. The summed E-state index contributed by atoms with van der Waals surface area (Å²) in [5, 5.41) is 9.81. The van der Waals surface area contributed by atoms with E-state index in [4.69, 9.17) is 0 Å². The highest BCUT2D eigenvalue weighted by Gasteiger charge is 2.38. The second kappa shape index (κ2) is 5.89. The van der Waals surface area contributed by atoms with Crippen molar-refractivity contribution in [3.05, 3.63) is 0 Å². The summed E-state index contributed by atoms with van der Waals surface area (Å²) >= 11 is 0. The first-order valence-electron chi connectivity index (χ1n) is 7.56. The van der Waals surface area contributed by atoms with Crippen LogP contribution in [0.2, 0.25) is 0 Å². The number of aliphatic hydroxyl groups excluding tert-OH is 1. The number of hydrogen-bond donors (Lipinski definition) is 1. The Morgan fingerprint density at radius 3 is 2.33 bits per heavy atom. The van der Waals surface area contributed by atoms with Crippen molar-refractivity contribution in [1.29, 1.82) is 0 Å². The lowest BCUT2D eigenvalue weighted by Crippen LogP contribution is -2.42. The number of hydrogen-bond acceptors (Lipinski definition) is 3. The van der Waals surface area contributed by atoms with Crippen LogP contribution >= 0.6 is 0 Å². The van der Waals surface area contributed by atoms with Crippen molar-refractivity contribution in [1.82, 2.24) is 9.80 Å². The second-order valence-corrected chi connectivity index (χ2v) is 6.92. The summed E-state index contributed by atoms with van der Waals surface area (Å²) in [7, 11) is 4.38. The van der Waals surface area contributed by atoms with Gasteiger partial charge in [-0.2, -0.15) is 0 Å². The molecule has 0 aromatic rings. The van der Waals surface area contributed by atoms with Gasteiger partial charge in [-0.25, -0.2) is 0 Å². The summed E-state index contributed by atoms with van der Waals surface area (Å²) in [5.74, 6) is 0.749. The van der Waals surface area contributed by atoms with Crippen LogP contribution in [0, 0.1) is 11.3 Å². The third-order valence-electron chi connectivity index (χ3n) is 5.12. The van der Waals surface area contributed by atoms with E-state index in [9.17, 15) is 5.11 Å². The SMILES string of the molecule is CC1CN(CC2(CO)CCCCC2)CC1N(C)C. The highest BCUT2D eigenvalue weighted by Crippen LogP contribution is 2.37. The van der Waals surface area contributed by atoms with Crippen molar-refractivity contribution < 1.29 is 5.11 Å². The minimum absolute atomic E-state index is 0.208. The van der Waals surface area contributed by atoms with E-state index in [0.29, 0.717) is 12.6 Å². The molecule has 2 atom stereocenters. The van der Waals surface area contributed by atoms with Gasteiger partial charge in [0.2, 0.25) is 0 Å². The topological polar surface area (TPSA) is 26.7 Å². The summed E-state index contributed by atoms with van der Waals surface area (Å²) in [6, 6.07) is 0.685. The van der Waals surface area contributed by atoms with E-state index in [0.717, 1.165) is 12.5 Å². The lowest BCUT2D eigenvalue weighted by molar-refractivity contribution is 0.0457. The molecule has 3 heteroatoms. The molecule has 1 saturated carbocycles. The number of nitrogens with zero attached hydrogens (tertiary/aromatic N) is 2. The predicted molar refractivity (Wildman–Crippen MR) is 75.7 cm³/mol. The van der Waals surface area contributed by atoms with Crippen LogP contribution in [0.3, 0.4) is 0 Å². The molecule has 0 aromatic heterocycles. The van der Waals surface area contributed by atoms with Crippen molar-refractivity contribution in [2.75, 3.05) is 40.3 Å². The maximum Gasteiger partial charge on any atom is 0.0499 e. The Morgan fingerprint density at radius 1 is 1.17 bits per heavy atom. The van der Waals surface area contributed by atoms with E-state index in [1.165, 1.54) is 45.2 Å². The molecule has 106 valence electrons. The molecule has 2 unspecified atom stereocenters. The van der Waals surface area contributed by atoms with Crippen LogP contribution in [0.25, 0.3) is 0 Å². The van der Waals surface area contributed by atoms with Crippen molar-refractivity contribution in [3.63, 3.8) is 0 Å². The molecule has 3 nitrogen and oxygen atoms in total. The summed E-state index contributed by atoms with van der Waals surface area (Å²) in [5.41, 5.74) is 0.208. The molecule has 1 saturated heterocycles. The Bertz CT molecular complexity index is 261. The van der Waals surface area contributed by atoms with Gasteiger partial charge in [0, 0.05) is 37.7 Å². The van der Waals surface area contributed by atoms with Crippen LogP contribution in [0.1, 0.15) is 39.0 Å². The smallest absolute Gasteiger partial charge is 0.0499 e. The van der Waals surface area contributed by atoms with Gasteiger partial charge >= 0.3 is 0 Å². The number of rotatable bonds is 4. The van der Waals surface area contributed by atoms with Gasteiger partial charge in [0.15, 0.2) is 0 Å². The summed E-state index contributed by atoms with van der Waals surface area (Å²) in [6.45, 7) is 6.22. The molecule has 0 radical (unpaired) electrons. The van der Waals surface area contributed by atoms with Gasteiger partial charge in [-0.1, -0.05) is 26.2 Å². The fraction of sp³-hybridized carbons (Fsp3) is 1.00. The minimum Gasteiger partial charge on any atom is -0.396 e. The van der Waals surface area contributed by atoms with Crippen LogP contribution in [-0.4, -0.2) is 61.3 Å². The van der Waals surface area contributed by atoms with Crippen LogP contribution < -0.4 is 0 Å². The lowest BCUT2D eigenvalue weighted by atomic mass is 9.74. The molecular weight excluding hydrogens is 224 g/mol. The number of likely N-dealkylation sites (N-methyl/N-ethyl adjacent to an activating group) is 1. The van der Waals surface area contributed by atoms with Gasteiger partial charge in [0.05, 0.1) is 0 Å². The molecule has 1 heterocycles. The number of aliphatic hydroxyl groups is 1. The minimum atomic E-state index is 0.208. The Labute approximate surface area is 112 Å². The molecule has 0 bridgehead atoms. The molecule has 0 spiro atoms. The first kappa shape index (κ1) is 14.3. The maximum atomic E-state index is 9.81. The van der Waals surface area contributed by atoms with Crippen LogP contribution in [0.5, 0.6) is 0 Å². The first-order valence-corrected chi connectivity index (χ1v) is 7.56. The van der Waals surface area contributed by atoms with Crippen LogP contribution in [-0.2, 0) is 0 Å². The highest BCUT2D eigenvalue weighted by atomic mass is 16.3. The molecule has 0 amide bonds. The zero-order chi connectivity index (χ0) is 13.2. The summed E-state index contributed by atoms with van der Waals surface area (Å²) in [6.07, 6.45) is 6.42. The second-order valence-electron chi connectivity index (χ2n) is 6.92. The van der Waals surface area contributed by atoms with Crippen LogP contribution in [0.15, 0.2) is 0 Å². The predicted octanol–water partition coefficient (Wildman–Crippen LogP) is 1.81. The molecule has 2 fully saturated rings. The molecule has 1 N–H and O–H groups in total. The van der Waals surface area contributed by atoms with Crippen molar-refractivity contribution in [3.8, 4) is 0 Å². The Hall–Kier alpha value is -0.120. The van der Waals surface area contributed by atoms with Crippen molar-refractivity contribution >= 4 is 0 Å². The standard InChI is InChI=1S/C15H30N2O/c1-13-9-17(10-14(13)16(2)3)11-15(12-18)7-5-4-6-8-15/h13-14,18H,4-12H2,1-3H3. The Morgan fingerprint density at radius 2 is 1.83 bits per heavy atom. The van der Waals surface area contributed by atoms with Gasteiger partial charge in [-0.15, -0.1) is 0 Å². The monoisotopic (exact) mass is 254 g/mol. The molecular formula is C15H30N2O. The fourth-order valence-electron chi connectivity index (χ4n) is 3.99. The fourth-order valence-corrected chi connectivity index (χ4v) is 3.99. The lowest BCUT2D eigenvalue weighted by Gasteiger charge is -2.39. The third kappa shape index (κ3) is 3.06. The summed E-state index contributed by atoms with van der Waals surface area (Å²) in [4.78, 5) is 4.95. The quantitative estimate of drug-likeness (QED) is 0.829. The largest absolute Gasteiger partial charge is 0.396 e. The van der Waals surface area contributed by atoms with E-state index in [2.05, 4.69) is 30.8 Å². The molecule has 0 aromatic carbocycles. The Balaban J connectivity index is 1.93. The maximum absolute atomic E-state index is 9.81. The average molecular weight is 254 g/mol. The van der Waals surface area contributed by atoms with Crippen molar-refractivity contribution in [2.24, 2.45) is 11.3 Å². The molecule has 1 aliphatic carbocycles. The number of likely N-dealkylation sites (tertiary alicyclic amines) is 1. The molecule has 2 aliphatic rings. The molecule has 18 heavy (non-hydrogen) atoms. The average Bonchev–Trinajstić information content (AvgIpc) is 2.71. The zero-order valence-electron chi connectivity index (χ0n) is 12.4.